The van der Waals surface area contributed by atoms with Crippen LogP contribution in [0.15, 0.2) is 0 Å². The number of ether oxygens (including phenoxy) is 1. The third-order valence-electron chi connectivity index (χ3n) is 2.49. The molecular weight excluding hydrogens is 184 g/mol. The number of aliphatic hydroxyl groups is 2. The molecule has 2 N–H and O–H groups in total. The van der Waals surface area contributed by atoms with Crippen LogP contribution in [0.25, 0.3) is 0 Å². The molecule has 0 saturated heterocycles. The Kier molecular flexibility index (Phi) is 5.72. The van der Waals surface area contributed by atoms with Crippen LogP contribution in [-0.2, 0) is 9.53 Å². The summed E-state index contributed by atoms with van der Waals surface area (Å²) in [5.74, 6) is -0.588. The molecule has 0 aromatic carbocycles. The molecule has 2 unspecified atom stereocenters. The first-order chi connectivity index (χ1) is 6.40. The SMILES string of the molecule is COC(=O)CC(C)C(C(C)C)C(O)O. The Morgan fingerprint density at radius 2 is 1.79 bits per heavy atom. The normalized spacial score (nSPS) is 15.7. The van der Waals surface area contributed by atoms with E-state index in [0.29, 0.717) is 0 Å². The van der Waals surface area contributed by atoms with E-state index in [1.54, 1.807) is 0 Å². The number of hydrogen-bond donors (Lipinski definition) is 2. The highest BCUT2D eigenvalue weighted by atomic mass is 16.5. The van der Waals surface area contributed by atoms with Crippen molar-refractivity contribution in [3.8, 4) is 0 Å². The Morgan fingerprint density at radius 1 is 1.29 bits per heavy atom. The summed E-state index contributed by atoms with van der Waals surface area (Å²) >= 11 is 0. The van der Waals surface area contributed by atoms with E-state index in [0.717, 1.165) is 0 Å². The van der Waals surface area contributed by atoms with E-state index < -0.39 is 6.29 Å². The Hall–Kier alpha value is -0.610. The summed E-state index contributed by atoms with van der Waals surface area (Å²) in [5, 5.41) is 18.3. The van der Waals surface area contributed by atoms with Crippen LogP contribution in [0, 0.1) is 17.8 Å². The molecule has 0 saturated carbocycles. The zero-order valence-electron chi connectivity index (χ0n) is 9.23. The average molecular weight is 204 g/mol. The van der Waals surface area contributed by atoms with Crippen molar-refractivity contribution in [3.05, 3.63) is 0 Å². The van der Waals surface area contributed by atoms with Crippen molar-refractivity contribution in [1.29, 1.82) is 0 Å². The lowest BCUT2D eigenvalue weighted by atomic mass is 9.82. The van der Waals surface area contributed by atoms with Gasteiger partial charge in [0.15, 0.2) is 6.29 Å². The van der Waals surface area contributed by atoms with Gasteiger partial charge in [-0.3, -0.25) is 4.79 Å². The summed E-state index contributed by atoms with van der Waals surface area (Å²) in [6, 6.07) is 0. The van der Waals surface area contributed by atoms with E-state index in [1.165, 1.54) is 7.11 Å². The van der Waals surface area contributed by atoms with E-state index in [4.69, 9.17) is 10.2 Å². The lowest BCUT2D eigenvalue weighted by Gasteiger charge is -2.28. The molecule has 0 aliphatic carbocycles. The van der Waals surface area contributed by atoms with Crippen LogP contribution in [0.3, 0.4) is 0 Å². The molecule has 2 atom stereocenters. The van der Waals surface area contributed by atoms with Gasteiger partial charge < -0.3 is 14.9 Å². The van der Waals surface area contributed by atoms with Crippen molar-refractivity contribution < 1.29 is 19.7 Å². The number of carbonyl (C=O) groups is 1. The second kappa shape index (κ2) is 5.98. The quantitative estimate of drug-likeness (QED) is 0.512. The summed E-state index contributed by atoms with van der Waals surface area (Å²) in [7, 11) is 1.33. The highest BCUT2D eigenvalue weighted by Crippen LogP contribution is 2.26. The Balaban J connectivity index is 4.29. The molecule has 0 aliphatic rings. The van der Waals surface area contributed by atoms with E-state index in [1.807, 2.05) is 20.8 Å². The first-order valence-electron chi connectivity index (χ1n) is 4.83. The van der Waals surface area contributed by atoms with Gasteiger partial charge in [-0.15, -0.1) is 0 Å². The maximum absolute atomic E-state index is 11.0. The molecule has 0 aromatic heterocycles. The van der Waals surface area contributed by atoms with Crippen LogP contribution < -0.4 is 0 Å². The van der Waals surface area contributed by atoms with Crippen molar-refractivity contribution >= 4 is 5.97 Å². The van der Waals surface area contributed by atoms with Crippen molar-refractivity contribution in [2.45, 2.75) is 33.5 Å². The zero-order chi connectivity index (χ0) is 11.3. The predicted molar refractivity (Wildman–Crippen MR) is 52.4 cm³/mol. The summed E-state index contributed by atoms with van der Waals surface area (Å²) in [4.78, 5) is 11.0. The second-order valence-corrected chi connectivity index (χ2v) is 3.99. The molecule has 14 heavy (non-hydrogen) atoms. The van der Waals surface area contributed by atoms with Gasteiger partial charge in [0.2, 0.25) is 0 Å². The minimum absolute atomic E-state index is 0.0950. The lowest BCUT2D eigenvalue weighted by molar-refractivity contribution is -0.146. The van der Waals surface area contributed by atoms with E-state index >= 15 is 0 Å². The van der Waals surface area contributed by atoms with Crippen LogP contribution in [0.4, 0.5) is 0 Å². The number of aliphatic hydroxyl groups excluding tert-OH is 1. The van der Waals surface area contributed by atoms with Gasteiger partial charge >= 0.3 is 5.97 Å². The van der Waals surface area contributed by atoms with Gasteiger partial charge in [-0.05, 0) is 11.8 Å². The van der Waals surface area contributed by atoms with Crippen LogP contribution in [0.2, 0.25) is 0 Å². The third-order valence-corrected chi connectivity index (χ3v) is 2.49. The van der Waals surface area contributed by atoms with Crippen LogP contribution in [0.5, 0.6) is 0 Å². The molecule has 84 valence electrons. The topological polar surface area (TPSA) is 66.8 Å². The Labute approximate surface area is 84.9 Å². The standard InChI is InChI=1S/C10H20O4/c1-6(2)9(10(12)13)7(3)5-8(11)14-4/h6-7,9-10,12-13H,5H2,1-4H3. The van der Waals surface area contributed by atoms with Gasteiger partial charge in [-0.25, -0.2) is 0 Å². The first-order valence-corrected chi connectivity index (χ1v) is 4.83. The number of esters is 1. The minimum Gasteiger partial charge on any atom is -0.469 e. The molecule has 0 radical (unpaired) electrons. The van der Waals surface area contributed by atoms with E-state index in [9.17, 15) is 4.79 Å². The number of carbonyl (C=O) groups excluding carboxylic acids is 1. The van der Waals surface area contributed by atoms with Crippen LogP contribution in [0.1, 0.15) is 27.2 Å². The molecule has 4 nitrogen and oxygen atoms in total. The average Bonchev–Trinajstić information content (AvgIpc) is 2.02. The summed E-state index contributed by atoms with van der Waals surface area (Å²) < 4.78 is 4.53. The van der Waals surface area contributed by atoms with Crippen LogP contribution in [-0.4, -0.2) is 29.6 Å². The van der Waals surface area contributed by atoms with Gasteiger partial charge in [0, 0.05) is 12.3 Å². The predicted octanol–water partition coefficient (Wildman–Crippen LogP) is 0.768. The minimum atomic E-state index is -1.38. The third kappa shape index (κ3) is 4.07. The molecule has 0 bridgehead atoms. The van der Waals surface area contributed by atoms with Crippen molar-refractivity contribution in [2.75, 3.05) is 7.11 Å². The fourth-order valence-corrected chi connectivity index (χ4v) is 1.78. The monoisotopic (exact) mass is 204 g/mol. The fraction of sp³-hybridized carbons (Fsp3) is 0.900. The van der Waals surface area contributed by atoms with Crippen molar-refractivity contribution in [3.63, 3.8) is 0 Å². The summed E-state index contributed by atoms with van der Waals surface area (Å²) in [6.45, 7) is 5.62. The summed E-state index contributed by atoms with van der Waals surface area (Å²) in [5.41, 5.74) is 0. The molecule has 0 aromatic rings. The Morgan fingerprint density at radius 3 is 2.07 bits per heavy atom. The smallest absolute Gasteiger partial charge is 0.305 e. The Bertz CT molecular complexity index is 169. The maximum Gasteiger partial charge on any atom is 0.305 e. The lowest BCUT2D eigenvalue weighted by Crippen LogP contribution is -2.32. The van der Waals surface area contributed by atoms with Gasteiger partial charge in [-0.1, -0.05) is 20.8 Å². The molecule has 0 aliphatic heterocycles. The van der Waals surface area contributed by atoms with Crippen molar-refractivity contribution in [1.82, 2.24) is 0 Å². The van der Waals surface area contributed by atoms with E-state index in [2.05, 4.69) is 4.74 Å². The fourth-order valence-electron chi connectivity index (χ4n) is 1.78. The van der Waals surface area contributed by atoms with Crippen LogP contribution >= 0.6 is 0 Å². The molecule has 0 spiro atoms. The van der Waals surface area contributed by atoms with Crippen molar-refractivity contribution in [2.24, 2.45) is 17.8 Å². The number of rotatable bonds is 5. The molecule has 0 heterocycles. The highest BCUT2D eigenvalue weighted by molar-refractivity contribution is 5.69. The largest absolute Gasteiger partial charge is 0.469 e. The summed E-state index contributed by atoms with van der Waals surface area (Å²) in [6.07, 6.45) is -1.16. The molecule has 0 rings (SSSR count). The zero-order valence-corrected chi connectivity index (χ0v) is 9.23. The van der Waals surface area contributed by atoms with Gasteiger partial charge in [0.25, 0.3) is 0 Å². The van der Waals surface area contributed by atoms with E-state index in [-0.39, 0.29) is 30.1 Å². The number of methoxy groups -OCH3 is 1. The number of hydrogen-bond acceptors (Lipinski definition) is 4. The maximum atomic E-state index is 11.0. The first kappa shape index (κ1) is 13.4. The molecule has 0 fully saturated rings. The highest BCUT2D eigenvalue weighted by Gasteiger charge is 2.28. The van der Waals surface area contributed by atoms with Gasteiger partial charge in [0.05, 0.1) is 7.11 Å². The van der Waals surface area contributed by atoms with Gasteiger partial charge in [-0.2, -0.15) is 0 Å². The molecule has 4 heteroatoms. The molecular formula is C10H20O4. The van der Waals surface area contributed by atoms with Gasteiger partial charge in [0.1, 0.15) is 0 Å². The molecule has 0 amide bonds. The second-order valence-electron chi connectivity index (χ2n) is 3.99.